The summed E-state index contributed by atoms with van der Waals surface area (Å²) in [6, 6.07) is 0. The van der Waals surface area contributed by atoms with E-state index in [0.29, 0.717) is 32.5 Å². The first-order chi connectivity index (χ1) is 9.08. The number of ether oxygens (including phenoxy) is 1. The van der Waals surface area contributed by atoms with E-state index in [1.807, 2.05) is 0 Å². The average molecular weight is 267 g/mol. The summed E-state index contributed by atoms with van der Waals surface area (Å²) in [5.41, 5.74) is 0. The molecule has 5 nitrogen and oxygen atoms in total. The topological polar surface area (TPSA) is 66.8 Å². The van der Waals surface area contributed by atoms with E-state index < -0.39 is 12.1 Å². The van der Waals surface area contributed by atoms with Crippen LogP contribution in [0.25, 0.3) is 0 Å². The molecular weight excluding hydrogens is 246 g/mol. The maximum absolute atomic E-state index is 12.3. The summed E-state index contributed by atoms with van der Waals surface area (Å²) in [7, 11) is 0. The monoisotopic (exact) mass is 267 g/mol. The molecule has 1 rings (SSSR count). The molecule has 19 heavy (non-hydrogen) atoms. The third kappa shape index (κ3) is 4.87. The summed E-state index contributed by atoms with van der Waals surface area (Å²) in [5.74, 6) is -1.04. The molecule has 1 amide bonds. The zero-order chi connectivity index (χ0) is 14.3. The van der Waals surface area contributed by atoms with E-state index in [2.05, 4.69) is 13.2 Å². The van der Waals surface area contributed by atoms with Gasteiger partial charge in [-0.25, -0.2) is 0 Å². The molecule has 1 heterocycles. The van der Waals surface area contributed by atoms with Gasteiger partial charge in [-0.2, -0.15) is 0 Å². The number of hydrogen-bond acceptors (Lipinski definition) is 3. The number of carbonyl (C=O) groups excluding carboxylic acids is 1. The Balaban J connectivity index is 2.61. The first-order valence-corrected chi connectivity index (χ1v) is 6.42. The van der Waals surface area contributed by atoms with Crippen LogP contribution in [0.2, 0.25) is 0 Å². The second-order valence-corrected chi connectivity index (χ2v) is 4.62. The van der Waals surface area contributed by atoms with Gasteiger partial charge < -0.3 is 14.7 Å². The van der Waals surface area contributed by atoms with Crippen LogP contribution in [0.15, 0.2) is 25.3 Å². The highest BCUT2D eigenvalue weighted by Gasteiger charge is 2.29. The third-order valence-corrected chi connectivity index (χ3v) is 3.10. The maximum atomic E-state index is 12.3. The number of amides is 1. The summed E-state index contributed by atoms with van der Waals surface area (Å²) < 4.78 is 5.35. The summed E-state index contributed by atoms with van der Waals surface area (Å²) >= 11 is 0. The van der Waals surface area contributed by atoms with Gasteiger partial charge in [0.25, 0.3) is 0 Å². The quantitative estimate of drug-likeness (QED) is 0.709. The third-order valence-electron chi connectivity index (χ3n) is 3.10. The molecule has 0 saturated carbocycles. The number of rotatable bonds is 7. The molecule has 1 N–H and O–H groups in total. The molecule has 5 heteroatoms. The van der Waals surface area contributed by atoms with Crippen molar-refractivity contribution in [3.05, 3.63) is 25.3 Å². The molecule has 1 aliphatic heterocycles. The number of carboxylic acids is 1. The van der Waals surface area contributed by atoms with Gasteiger partial charge in [0.2, 0.25) is 5.91 Å². The van der Waals surface area contributed by atoms with E-state index in [1.54, 1.807) is 17.1 Å². The Bertz CT molecular complexity index is 343. The van der Waals surface area contributed by atoms with Crippen molar-refractivity contribution in [3.63, 3.8) is 0 Å². The van der Waals surface area contributed by atoms with Crippen molar-refractivity contribution < 1.29 is 19.4 Å². The molecule has 0 bridgehead atoms. The van der Waals surface area contributed by atoms with Crippen molar-refractivity contribution in [2.45, 2.75) is 25.4 Å². The summed E-state index contributed by atoms with van der Waals surface area (Å²) in [5, 5.41) is 8.76. The summed E-state index contributed by atoms with van der Waals surface area (Å²) in [6.07, 6.45) is 4.17. The van der Waals surface area contributed by atoms with Crippen molar-refractivity contribution in [3.8, 4) is 0 Å². The van der Waals surface area contributed by atoms with E-state index in [0.717, 1.165) is 0 Å². The predicted octanol–water partition coefficient (Wildman–Crippen LogP) is 1.46. The van der Waals surface area contributed by atoms with Crippen LogP contribution < -0.4 is 0 Å². The van der Waals surface area contributed by atoms with Gasteiger partial charge in [0.1, 0.15) is 0 Å². The minimum atomic E-state index is -0.909. The highest BCUT2D eigenvalue weighted by Crippen LogP contribution is 2.17. The zero-order valence-electron chi connectivity index (χ0n) is 11.1. The van der Waals surface area contributed by atoms with E-state index in [9.17, 15) is 9.59 Å². The maximum Gasteiger partial charge on any atom is 0.306 e. The van der Waals surface area contributed by atoms with Crippen LogP contribution in [0.5, 0.6) is 0 Å². The number of carboxylic acid groups (broad SMARTS) is 1. The fraction of sp³-hybridized carbons (Fsp3) is 0.571. The van der Waals surface area contributed by atoms with E-state index in [4.69, 9.17) is 9.84 Å². The number of hydrogen-bond donors (Lipinski definition) is 1. The molecule has 0 aliphatic carbocycles. The van der Waals surface area contributed by atoms with Crippen LogP contribution in [0.3, 0.4) is 0 Å². The summed E-state index contributed by atoms with van der Waals surface area (Å²) in [6.45, 7) is 8.56. The molecular formula is C14H21NO4. The Morgan fingerprint density at radius 1 is 1.37 bits per heavy atom. The molecule has 1 aliphatic rings. The first kappa shape index (κ1) is 15.4. The normalized spacial score (nSPS) is 19.2. The molecule has 0 spiro atoms. The standard InChI is InChI=1S/C14H21NO4/c1-3-5-11(6-4-2)14(18)15-7-8-19-12(10-15)9-13(16)17/h3-4,11-12H,1-2,5-10H2,(H,16,17). The van der Waals surface area contributed by atoms with Crippen molar-refractivity contribution in [2.24, 2.45) is 5.92 Å². The highest BCUT2D eigenvalue weighted by molar-refractivity contribution is 5.79. The second-order valence-electron chi connectivity index (χ2n) is 4.62. The molecule has 1 saturated heterocycles. The van der Waals surface area contributed by atoms with Gasteiger partial charge in [0, 0.05) is 19.0 Å². The lowest BCUT2D eigenvalue weighted by Gasteiger charge is -2.34. The smallest absolute Gasteiger partial charge is 0.306 e. The van der Waals surface area contributed by atoms with Gasteiger partial charge in [-0.05, 0) is 12.8 Å². The molecule has 106 valence electrons. The number of aliphatic carboxylic acids is 1. The van der Waals surface area contributed by atoms with Gasteiger partial charge in [0.05, 0.1) is 19.1 Å². The largest absolute Gasteiger partial charge is 0.481 e. The van der Waals surface area contributed by atoms with Crippen LogP contribution in [-0.4, -0.2) is 47.7 Å². The Labute approximate surface area is 113 Å². The van der Waals surface area contributed by atoms with Crippen molar-refractivity contribution >= 4 is 11.9 Å². The first-order valence-electron chi connectivity index (χ1n) is 6.42. The van der Waals surface area contributed by atoms with E-state index in [1.165, 1.54) is 0 Å². The van der Waals surface area contributed by atoms with Gasteiger partial charge in [0.15, 0.2) is 0 Å². The Morgan fingerprint density at radius 2 is 2.00 bits per heavy atom. The van der Waals surface area contributed by atoms with Gasteiger partial charge in [-0.1, -0.05) is 12.2 Å². The van der Waals surface area contributed by atoms with E-state index >= 15 is 0 Å². The average Bonchev–Trinajstić information content (AvgIpc) is 2.37. The Hall–Kier alpha value is -1.62. The lowest BCUT2D eigenvalue weighted by molar-refractivity contribution is -0.149. The van der Waals surface area contributed by atoms with Gasteiger partial charge in [-0.15, -0.1) is 13.2 Å². The molecule has 0 aromatic rings. The molecule has 0 aromatic carbocycles. The summed E-state index contributed by atoms with van der Waals surface area (Å²) in [4.78, 5) is 24.7. The van der Waals surface area contributed by atoms with Gasteiger partial charge in [-0.3, -0.25) is 9.59 Å². The number of carbonyl (C=O) groups is 2. The van der Waals surface area contributed by atoms with E-state index in [-0.39, 0.29) is 18.2 Å². The van der Waals surface area contributed by atoms with Crippen molar-refractivity contribution in [2.75, 3.05) is 19.7 Å². The molecule has 0 radical (unpaired) electrons. The number of allylic oxidation sites excluding steroid dienone is 2. The molecule has 1 fully saturated rings. The number of nitrogens with zero attached hydrogens (tertiary/aromatic N) is 1. The van der Waals surface area contributed by atoms with Crippen LogP contribution >= 0.6 is 0 Å². The second kappa shape index (κ2) is 7.74. The van der Waals surface area contributed by atoms with Crippen LogP contribution in [0.1, 0.15) is 19.3 Å². The number of morpholine rings is 1. The molecule has 1 atom stereocenters. The fourth-order valence-electron chi connectivity index (χ4n) is 2.20. The van der Waals surface area contributed by atoms with Crippen LogP contribution in [-0.2, 0) is 14.3 Å². The Morgan fingerprint density at radius 3 is 2.53 bits per heavy atom. The predicted molar refractivity (Wildman–Crippen MR) is 71.7 cm³/mol. The minimum Gasteiger partial charge on any atom is -0.481 e. The van der Waals surface area contributed by atoms with Crippen LogP contribution in [0.4, 0.5) is 0 Å². The fourth-order valence-corrected chi connectivity index (χ4v) is 2.20. The SMILES string of the molecule is C=CCC(CC=C)C(=O)N1CCOC(CC(=O)O)C1. The zero-order valence-corrected chi connectivity index (χ0v) is 11.1. The van der Waals surface area contributed by atoms with Crippen LogP contribution in [0, 0.1) is 5.92 Å². The lowest BCUT2D eigenvalue weighted by Crippen LogP contribution is -2.48. The molecule has 1 unspecified atom stereocenters. The lowest BCUT2D eigenvalue weighted by atomic mass is 9.99. The van der Waals surface area contributed by atoms with Gasteiger partial charge >= 0.3 is 5.97 Å². The van der Waals surface area contributed by atoms with Crippen molar-refractivity contribution in [1.29, 1.82) is 0 Å². The Kier molecular flexibility index (Phi) is 6.29. The highest BCUT2D eigenvalue weighted by atomic mass is 16.5. The molecule has 0 aromatic heterocycles. The minimum absolute atomic E-state index is 0.0264. The van der Waals surface area contributed by atoms with Crippen molar-refractivity contribution in [1.82, 2.24) is 4.90 Å².